The summed E-state index contributed by atoms with van der Waals surface area (Å²) in [6.07, 6.45) is 2.01. The van der Waals surface area contributed by atoms with Crippen LogP contribution in [0.3, 0.4) is 0 Å². The van der Waals surface area contributed by atoms with Gasteiger partial charge >= 0.3 is 0 Å². The van der Waals surface area contributed by atoms with E-state index in [0.29, 0.717) is 23.9 Å². The highest BCUT2D eigenvalue weighted by atomic mass is 19.1. The van der Waals surface area contributed by atoms with E-state index in [-0.39, 0.29) is 11.9 Å². The number of halogens is 1. The number of hydrogen-bond acceptors (Lipinski definition) is 6. The lowest BCUT2D eigenvalue weighted by Gasteiger charge is -2.17. The Morgan fingerprint density at radius 1 is 1.24 bits per heavy atom. The van der Waals surface area contributed by atoms with Gasteiger partial charge in [0.2, 0.25) is 11.8 Å². The number of aromatic nitrogens is 2. The zero-order valence-electron chi connectivity index (χ0n) is 11.8. The average molecular weight is 292 g/mol. The molecule has 0 saturated carbocycles. The summed E-state index contributed by atoms with van der Waals surface area (Å²) in [5.74, 6) is 6.01. The van der Waals surface area contributed by atoms with Gasteiger partial charge in [-0.25, -0.2) is 9.37 Å². The first-order chi connectivity index (χ1) is 10.2. The zero-order valence-corrected chi connectivity index (χ0v) is 11.8. The predicted molar refractivity (Wildman–Crippen MR) is 75.3 cm³/mol. The monoisotopic (exact) mass is 292 g/mol. The Morgan fingerprint density at radius 3 is 2.52 bits per heavy atom. The number of benzene rings is 1. The van der Waals surface area contributed by atoms with Gasteiger partial charge in [0.15, 0.2) is 0 Å². The number of nitrogens with two attached hydrogens (primary N) is 1. The van der Waals surface area contributed by atoms with Crippen molar-refractivity contribution in [2.45, 2.75) is 12.5 Å². The van der Waals surface area contributed by atoms with E-state index >= 15 is 0 Å². The van der Waals surface area contributed by atoms with Crippen LogP contribution in [0, 0.1) is 5.82 Å². The highest BCUT2D eigenvalue weighted by Crippen LogP contribution is 2.25. The van der Waals surface area contributed by atoms with Crippen LogP contribution in [0.4, 0.5) is 4.39 Å². The van der Waals surface area contributed by atoms with Crippen LogP contribution in [0.25, 0.3) is 0 Å². The van der Waals surface area contributed by atoms with Crippen molar-refractivity contribution in [1.29, 1.82) is 0 Å². The van der Waals surface area contributed by atoms with Crippen molar-refractivity contribution in [2.24, 2.45) is 5.84 Å². The highest BCUT2D eigenvalue weighted by molar-refractivity contribution is 5.28. The van der Waals surface area contributed by atoms with E-state index in [9.17, 15) is 4.39 Å². The molecule has 0 amide bonds. The average Bonchev–Trinajstić information content (AvgIpc) is 2.53. The van der Waals surface area contributed by atoms with Crippen molar-refractivity contribution in [2.75, 3.05) is 14.2 Å². The number of hydrazine groups is 1. The molecule has 6 nitrogen and oxygen atoms in total. The first-order valence-electron chi connectivity index (χ1n) is 6.33. The van der Waals surface area contributed by atoms with Crippen LogP contribution in [0.5, 0.6) is 11.8 Å². The molecule has 7 heteroatoms. The SMILES string of the molecule is COc1cnc(C(Cc2ccc(F)cc2)NN)c(OC)n1. The maximum absolute atomic E-state index is 12.9. The van der Waals surface area contributed by atoms with Crippen molar-refractivity contribution in [3.63, 3.8) is 0 Å². The smallest absolute Gasteiger partial charge is 0.240 e. The predicted octanol–water partition coefficient (Wildman–Crippen LogP) is 1.38. The van der Waals surface area contributed by atoms with Crippen LogP contribution in [-0.2, 0) is 6.42 Å². The summed E-state index contributed by atoms with van der Waals surface area (Å²) in [6, 6.07) is 5.88. The number of methoxy groups -OCH3 is 2. The number of hydrogen-bond donors (Lipinski definition) is 2. The number of ether oxygens (including phenoxy) is 2. The molecule has 0 aliphatic heterocycles. The second-order valence-corrected chi connectivity index (χ2v) is 4.36. The molecule has 2 rings (SSSR count). The van der Waals surface area contributed by atoms with E-state index < -0.39 is 0 Å². The lowest BCUT2D eigenvalue weighted by molar-refractivity contribution is 0.349. The second kappa shape index (κ2) is 6.96. The van der Waals surface area contributed by atoms with E-state index in [1.807, 2.05) is 0 Å². The fraction of sp³-hybridized carbons (Fsp3) is 0.286. The molecule has 0 aliphatic carbocycles. The van der Waals surface area contributed by atoms with E-state index in [2.05, 4.69) is 15.4 Å². The summed E-state index contributed by atoms with van der Waals surface area (Å²) in [5.41, 5.74) is 4.15. The summed E-state index contributed by atoms with van der Waals surface area (Å²) >= 11 is 0. The van der Waals surface area contributed by atoms with Crippen molar-refractivity contribution < 1.29 is 13.9 Å². The molecule has 1 unspecified atom stereocenters. The Balaban J connectivity index is 2.26. The molecule has 112 valence electrons. The van der Waals surface area contributed by atoms with E-state index in [0.717, 1.165) is 5.56 Å². The lowest BCUT2D eigenvalue weighted by Crippen LogP contribution is -2.30. The van der Waals surface area contributed by atoms with Crippen molar-refractivity contribution in [1.82, 2.24) is 15.4 Å². The van der Waals surface area contributed by atoms with E-state index in [4.69, 9.17) is 15.3 Å². The standard InChI is InChI=1S/C14H17FN4O2/c1-20-12-8-17-13(14(18-12)21-2)11(19-16)7-9-3-5-10(15)6-4-9/h3-6,8,11,19H,7,16H2,1-2H3. The van der Waals surface area contributed by atoms with Gasteiger partial charge in [-0.05, 0) is 24.1 Å². The first kappa shape index (κ1) is 15.1. The molecule has 0 saturated heterocycles. The molecule has 0 fully saturated rings. The molecule has 1 heterocycles. The molecule has 1 atom stereocenters. The van der Waals surface area contributed by atoms with Gasteiger partial charge in [-0.1, -0.05) is 12.1 Å². The van der Waals surface area contributed by atoms with Gasteiger partial charge in [-0.15, -0.1) is 0 Å². The molecule has 2 aromatic rings. The van der Waals surface area contributed by atoms with Crippen LogP contribution in [-0.4, -0.2) is 24.2 Å². The minimum atomic E-state index is -0.316. The van der Waals surface area contributed by atoms with Gasteiger partial charge in [0.25, 0.3) is 0 Å². The Bertz CT molecular complexity index is 592. The number of nitrogens with zero attached hydrogens (tertiary/aromatic N) is 2. The molecule has 0 spiro atoms. The van der Waals surface area contributed by atoms with Gasteiger partial charge in [-0.3, -0.25) is 11.3 Å². The number of rotatable bonds is 6. The Hall–Kier alpha value is -2.25. The minimum Gasteiger partial charge on any atom is -0.480 e. The summed E-state index contributed by atoms with van der Waals surface area (Å²) in [6.45, 7) is 0. The van der Waals surface area contributed by atoms with Crippen LogP contribution < -0.4 is 20.7 Å². The molecular formula is C14H17FN4O2. The van der Waals surface area contributed by atoms with E-state index in [1.165, 1.54) is 32.5 Å². The van der Waals surface area contributed by atoms with Gasteiger partial charge in [0.05, 0.1) is 26.5 Å². The van der Waals surface area contributed by atoms with Gasteiger partial charge < -0.3 is 9.47 Å². The maximum Gasteiger partial charge on any atom is 0.240 e. The third-order valence-electron chi connectivity index (χ3n) is 3.03. The molecule has 0 aliphatic rings. The fourth-order valence-electron chi connectivity index (χ4n) is 1.94. The maximum atomic E-state index is 12.9. The third-order valence-corrected chi connectivity index (χ3v) is 3.03. The van der Waals surface area contributed by atoms with E-state index in [1.54, 1.807) is 12.1 Å². The molecule has 3 N–H and O–H groups in total. The van der Waals surface area contributed by atoms with Crippen molar-refractivity contribution in [3.05, 3.63) is 47.5 Å². The summed E-state index contributed by atoms with van der Waals surface area (Å²) < 4.78 is 23.2. The first-order valence-corrected chi connectivity index (χ1v) is 6.33. The van der Waals surface area contributed by atoms with Gasteiger partial charge in [-0.2, -0.15) is 4.98 Å². The quantitative estimate of drug-likeness (QED) is 0.618. The third kappa shape index (κ3) is 3.65. The highest BCUT2D eigenvalue weighted by Gasteiger charge is 2.19. The lowest BCUT2D eigenvalue weighted by atomic mass is 10.0. The molecule has 1 aromatic heterocycles. The summed E-state index contributed by atoms with van der Waals surface area (Å²) in [7, 11) is 3.00. The van der Waals surface area contributed by atoms with Gasteiger partial charge in [0, 0.05) is 0 Å². The minimum absolute atomic E-state index is 0.280. The zero-order chi connectivity index (χ0) is 15.2. The van der Waals surface area contributed by atoms with Crippen LogP contribution >= 0.6 is 0 Å². The number of nitrogens with one attached hydrogen (secondary N) is 1. The topological polar surface area (TPSA) is 82.3 Å². The van der Waals surface area contributed by atoms with Crippen LogP contribution in [0.15, 0.2) is 30.5 Å². The second-order valence-electron chi connectivity index (χ2n) is 4.36. The van der Waals surface area contributed by atoms with Crippen LogP contribution in [0.1, 0.15) is 17.3 Å². The van der Waals surface area contributed by atoms with Crippen molar-refractivity contribution in [3.8, 4) is 11.8 Å². The molecule has 0 radical (unpaired) electrons. The Morgan fingerprint density at radius 2 is 1.95 bits per heavy atom. The van der Waals surface area contributed by atoms with Crippen molar-refractivity contribution >= 4 is 0 Å². The van der Waals surface area contributed by atoms with Crippen LogP contribution in [0.2, 0.25) is 0 Å². The fourth-order valence-corrected chi connectivity index (χ4v) is 1.94. The molecular weight excluding hydrogens is 275 g/mol. The summed E-state index contributed by atoms with van der Waals surface area (Å²) in [5, 5.41) is 0. The molecule has 1 aromatic carbocycles. The van der Waals surface area contributed by atoms with Gasteiger partial charge in [0.1, 0.15) is 11.5 Å². The molecule has 0 bridgehead atoms. The summed E-state index contributed by atoms with van der Waals surface area (Å²) in [4.78, 5) is 8.45. The Kier molecular flexibility index (Phi) is 5.02. The Labute approximate surface area is 122 Å². The largest absolute Gasteiger partial charge is 0.480 e. The normalized spacial score (nSPS) is 12.0. The molecule has 21 heavy (non-hydrogen) atoms.